The molecule has 3 rings (SSSR count). The Morgan fingerprint density at radius 3 is 2.47 bits per heavy atom. The molecule has 1 N–H and O–H groups in total. The van der Waals surface area contributed by atoms with Crippen molar-refractivity contribution in [2.24, 2.45) is 0 Å². The molecule has 0 amide bonds. The zero-order valence-corrected chi connectivity index (χ0v) is 10.4. The van der Waals surface area contributed by atoms with Gasteiger partial charge in [-0.3, -0.25) is 0 Å². The summed E-state index contributed by atoms with van der Waals surface area (Å²) >= 11 is 0. The summed E-state index contributed by atoms with van der Waals surface area (Å²) in [5.41, 5.74) is 1.52. The highest BCUT2D eigenvalue weighted by atomic mass is 16.3. The van der Waals surface area contributed by atoms with Crippen LogP contribution in [0.25, 0.3) is 11.3 Å². The van der Waals surface area contributed by atoms with Crippen LogP contribution in [0, 0.1) is 6.92 Å². The van der Waals surface area contributed by atoms with Gasteiger partial charge in [0.15, 0.2) is 0 Å². The van der Waals surface area contributed by atoms with Gasteiger partial charge in [0.2, 0.25) is 0 Å². The molecule has 0 aliphatic rings. The predicted molar refractivity (Wildman–Crippen MR) is 71.6 cm³/mol. The van der Waals surface area contributed by atoms with Crippen molar-refractivity contribution in [2.45, 2.75) is 6.92 Å². The molecule has 0 atom stereocenters. The summed E-state index contributed by atoms with van der Waals surface area (Å²) in [6.45, 7) is 1.62. The van der Waals surface area contributed by atoms with Crippen LogP contribution in [0.2, 0.25) is 0 Å². The molecule has 0 saturated carbocycles. The Labute approximate surface area is 109 Å². The normalized spacial score (nSPS) is 10.8. The monoisotopic (exact) mass is 253 g/mol. The average molecular weight is 253 g/mol. The Balaban J connectivity index is 2.52. The second-order valence-corrected chi connectivity index (χ2v) is 4.35. The zero-order valence-electron chi connectivity index (χ0n) is 10.4. The van der Waals surface area contributed by atoms with Gasteiger partial charge in [-0.1, -0.05) is 24.3 Å². The minimum absolute atomic E-state index is 0.0206. The molecule has 94 valence electrons. The van der Waals surface area contributed by atoms with Gasteiger partial charge < -0.3 is 5.11 Å². The number of nitrogens with zero attached hydrogens (tertiary/aromatic N) is 2. The maximum atomic E-state index is 12.4. The molecular formula is C15H13N2O2+. The predicted octanol–water partition coefficient (Wildman–Crippen LogP) is 1.59. The maximum Gasteiger partial charge on any atom is 0.349 e. The second kappa shape index (κ2) is 4.24. The molecule has 0 saturated heterocycles. The quantitative estimate of drug-likeness (QED) is 0.669. The topological polar surface area (TPSA) is 46.3 Å². The molecule has 0 fully saturated rings. The van der Waals surface area contributed by atoms with Crippen LogP contribution in [0.5, 0.6) is 5.88 Å². The number of benzene rings is 1. The van der Waals surface area contributed by atoms with E-state index in [1.54, 1.807) is 28.2 Å². The minimum atomic E-state index is -0.213. The lowest BCUT2D eigenvalue weighted by atomic mass is 10.2. The van der Waals surface area contributed by atoms with E-state index in [2.05, 4.69) is 0 Å². The molecule has 0 aliphatic heterocycles. The standard InChI is InChI=1S/C15H12N2O2/c1-11-14(18)16-10-6-5-9-13(16)17(15(11)19)12-7-3-2-4-8-12/h2-10H,1H3/p+1. The van der Waals surface area contributed by atoms with E-state index in [4.69, 9.17) is 0 Å². The summed E-state index contributed by atoms with van der Waals surface area (Å²) in [5.74, 6) is -0.0206. The molecule has 3 aromatic rings. The van der Waals surface area contributed by atoms with E-state index < -0.39 is 0 Å². The number of fused-ring (bicyclic) bond motifs is 1. The molecule has 0 radical (unpaired) electrons. The van der Waals surface area contributed by atoms with Crippen LogP contribution in [-0.4, -0.2) is 9.67 Å². The van der Waals surface area contributed by atoms with Crippen LogP contribution in [0.15, 0.2) is 59.5 Å². The smallest absolute Gasteiger partial charge is 0.349 e. The molecule has 1 aromatic carbocycles. The van der Waals surface area contributed by atoms with Gasteiger partial charge >= 0.3 is 5.56 Å². The Morgan fingerprint density at radius 2 is 1.74 bits per heavy atom. The largest absolute Gasteiger partial charge is 0.477 e. The fraction of sp³-hybridized carbons (Fsp3) is 0.0667. The van der Waals surface area contributed by atoms with Crippen LogP contribution >= 0.6 is 0 Å². The molecular weight excluding hydrogens is 240 g/mol. The van der Waals surface area contributed by atoms with E-state index in [-0.39, 0.29) is 11.4 Å². The van der Waals surface area contributed by atoms with Crippen LogP contribution < -0.4 is 9.96 Å². The number of aromatic nitrogens is 2. The van der Waals surface area contributed by atoms with Gasteiger partial charge in [0.05, 0.1) is 6.20 Å². The molecule has 19 heavy (non-hydrogen) atoms. The highest BCUT2D eigenvalue weighted by Crippen LogP contribution is 2.12. The maximum absolute atomic E-state index is 12.4. The molecule has 2 aromatic heterocycles. The van der Waals surface area contributed by atoms with Gasteiger partial charge in [0.1, 0.15) is 11.3 Å². The van der Waals surface area contributed by atoms with Crippen molar-refractivity contribution >= 4 is 5.65 Å². The molecule has 4 nitrogen and oxygen atoms in total. The lowest BCUT2D eigenvalue weighted by molar-refractivity contribution is -0.527. The summed E-state index contributed by atoms with van der Waals surface area (Å²) in [6.07, 6.45) is 1.73. The summed E-state index contributed by atoms with van der Waals surface area (Å²) in [4.78, 5) is 12.4. The summed E-state index contributed by atoms with van der Waals surface area (Å²) in [6, 6.07) is 14.8. The van der Waals surface area contributed by atoms with E-state index in [9.17, 15) is 9.90 Å². The highest BCUT2D eigenvalue weighted by molar-refractivity contribution is 5.45. The molecule has 0 bridgehead atoms. The first-order valence-corrected chi connectivity index (χ1v) is 6.00. The first-order chi connectivity index (χ1) is 9.20. The number of hydrogen-bond donors (Lipinski definition) is 1. The van der Waals surface area contributed by atoms with Gasteiger partial charge in [0, 0.05) is 6.07 Å². The molecule has 0 unspecified atom stereocenters. The summed E-state index contributed by atoms with van der Waals surface area (Å²) in [7, 11) is 0. The number of hydrogen-bond acceptors (Lipinski definition) is 2. The molecule has 0 aliphatic carbocycles. The highest BCUT2D eigenvalue weighted by Gasteiger charge is 2.21. The van der Waals surface area contributed by atoms with Crippen molar-refractivity contribution in [3.05, 3.63) is 70.6 Å². The zero-order chi connectivity index (χ0) is 13.4. The number of rotatable bonds is 1. The first kappa shape index (κ1) is 11.5. The van der Waals surface area contributed by atoms with Crippen molar-refractivity contribution < 1.29 is 9.51 Å². The first-order valence-electron chi connectivity index (χ1n) is 6.00. The van der Waals surface area contributed by atoms with Crippen molar-refractivity contribution in [3.63, 3.8) is 0 Å². The van der Waals surface area contributed by atoms with Crippen LogP contribution in [0.4, 0.5) is 0 Å². The van der Waals surface area contributed by atoms with E-state index in [0.29, 0.717) is 11.2 Å². The van der Waals surface area contributed by atoms with E-state index >= 15 is 0 Å². The Kier molecular flexibility index (Phi) is 2.56. The molecule has 2 heterocycles. The van der Waals surface area contributed by atoms with Gasteiger partial charge in [-0.2, -0.15) is 8.97 Å². The lowest BCUT2D eigenvalue weighted by Crippen LogP contribution is -2.34. The van der Waals surface area contributed by atoms with Gasteiger partial charge in [-0.25, -0.2) is 4.79 Å². The third-order valence-electron chi connectivity index (χ3n) is 3.17. The Hall–Kier alpha value is -2.62. The second-order valence-electron chi connectivity index (χ2n) is 4.35. The average Bonchev–Trinajstić information content (AvgIpc) is 2.46. The molecule has 4 heteroatoms. The van der Waals surface area contributed by atoms with E-state index in [0.717, 1.165) is 5.69 Å². The van der Waals surface area contributed by atoms with Gasteiger partial charge in [-0.15, -0.1) is 0 Å². The fourth-order valence-electron chi connectivity index (χ4n) is 2.17. The van der Waals surface area contributed by atoms with Crippen LogP contribution in [0.3, 0.4) is 0 Å². The van der Waals surface area contributed by atoms with Gasteiger partial charge in [-0.05, 0) is 25.1 Å². The van der Waals surface area contributed by atoms with Crippen molar-refractivity contribution in [1.29, 1.82) is 0 Å². The van der Waals surface area contributed by atoms with Crippen molar-refractivity contribution in [2.75, 3.05) is 0 Å². The molecule has 0 spiro atoms. The van der Waals surface area contributed by atoms with Gasteiger partial charge in [0.25, 0.3) is 11.5 Å². The SMILES string of the molecule is Cc1c(O)[n+]2ccccc2n(-c2ccccc2)c1=O. The number of aromatic hydroxyl groups is 1. The third kappa shape index (κ3) is 1.69. The lowest BCUT2D eigenvalue weighted by Gasteiger charge is -2.05. The number of pyridine rings is 1. The number of para-hydroxylation sites is 1. The third-order valence-corrected chi connectivity index (χ3v) is 3.17. The van der Waals surface area contributed by atoms with Crippen molar-refractivity contribution in [3.8, 4) is 11.6 Å². The Morgan fingerprint density at radius 1 is 1.05 bits per heavy atom. The van der Waals surface area contributed by atoms with E-state index in [1.807, 2.05) is 42.5 Å². The Bertz CT molecular complexity index is 807. The van der Waals surface area contributed by atoms with E-state index in [1.165, 1.54) is 0 Å². The van der Waals surface area contributed by atoms with Crippen molar-refractivity contribution in [1.82, 2.24) is 4.57 Å². The fourth-order valence-corrected chi connectivity index (χ4v) is 2.17. The summed E-state index contributed by atoms with van der Waals surface area (Å²) < 4.78 is 3.19. The van der Waals surface area contributed by atoms with Crippen LogP contribution in [0.1, 0.15) is 5.56 Å². The summed E-state index contributed by atoms with van der Waals surface area (Å²) in [5, 5.41) is 10.1. The minimum Gasteiger partial charge on any atom is -0.477 e. The van der Waals surface area contributed by atoms with Crippen LogP contribution in [-0.2, 0) is 0 Å².